The summed E-state index contributed by atoms with van der Waals surface area (Å²) >= 11 is 6.87. The molecule has 16 heavy (non-hydrogen) atoms. The van der Waals surface area contributed by atoms with E-state index in [0.717, 1.165) is 0 Å². The molecule has 2 atom stereocenters. The molecule has 1 unspecified atom stereocenters. The van der Waals surface area contributed by atoms with Crippen LogP contribution in [0.3, 0.4) is 0 Å². The van der Waals surface area contributed by atoms with Crippen molar-refractivity contribution in [3.63, 3.8) is 0 Å². The number of carboxylic acid groups (broad SMARTS) is 1. The largest absolute Gasteiger partial charge is 0.477 e. The van der Waals surface area contributed by atoms with Gasteiger partial charge in [-0.3, -0.25) is 9.69 Å². The average Bonchev–Trinajstić information content (AvgIpc) is 2.27. The van der Waals surface area contributed by atoms with Crippen LogP contribution in [-0.4, -0.2) is 39.1 Å². The van der Waals surface area contributed by atoms with Crippen LogP contribution in [0.1, 0.15) is 0 Å². The number of rotatable bonds is 2. The third-order valence-corrected chi connectivity index (χ3v) is 3.95. The molecule has 1 saturated heterocycles. The minimum Gasteiger partial charge on any atom is -0.477 e. The van der Waals surface area contributed by atoms with E-state index >= 15 is 0 Å². The molecular weight excluding hydrogens is 252 g/mol. The minimum atomic E-state index is -1.13. The average molecular weight is 261 g/mol. The number of hydrogen-bond donors (Lipinski definition) is 2. The lowest BCUT2D eigenvalue weighted by atomic mass is 10.0. The van der Waals surface area contributed by atoms with Gasteiger partial charge < -0.3 is 10.8 Å². The van der Waals surface area contributed by atoms with Crippen LogP contribution >= 0.6 is 23.4 Å². The van der Waals surface area contributed by atoms with Crippen molar-refractivity contribution < 1.29 is 14.7 Å². The number of β-lactam (4-membered cyclic amide) rings is 1. The number of nitrogens with zero attached hydrogens (tertiary/aromatic N) is 1. The van der Waals surface area contributed by atoms with E-state index in [-0.39, 0.29) is 17.0 Å². The number of fused-ring (bicyclic) bond motifs is 1. The number of allylic oxidation sites excluding steroid dienone is 1. The van der Waals surface area contributed by atoms with E-state index in [1.54, 1.807) is 0 Å². The van der Waals surface area contributed by atoms with Crippen LogP contribution in [0.25, 0.3) is 0 Å². The number of nitrogens with two attached hydrogens (primary N) is 1. The van der Waals surface area contributed by atoms with E-state index in [4.69, 9.17) is 22.4 Å². The topological polar surface area (TPSA) is 83.6 Å². The Morgan fingerprint density at radius 3 is 2.94 bits per heavy atom. The SMILES string of the molecule is NC1C(=O)N2C(C(=O)O)=C(/C=C/Cl)CS[C@H]12. The Kier molecular flexibility index (Phi) is 2.96. The fourth-order valence-corrected chi connectivity index (χ4v) is 3.16. The van der Waals surface area contributed by atoms with Gasteiger partial charge in [-0.25, -0.2) is 4.79 Å². The normalized spacial score (nSPS) is 29.4. The van der Waals surface area contributed by atoms with Crippen LogP contribution in [0.4, 0.5) is 0 Å². The summed E-state index contributed by atoms with van der Waals surface area (Å²) in [6.45, 7) is 0. The number of thioether (sulfide) groups is 1. The van der Waals surface area contributed by atoms with Crippen molar-refractivity contribution in [2.45, 2.75) is 11.4 Å². The molecule has 0 saturated carbocycles. The molecule has 3 N–H and O–H groups in total. The maximum absolute atomic E-state index is 11.5. The molecule has 7 heteroatoms. The van der Waals surface area contributed by atoms with Crippen molar-refractivity contribution in [2.24, 2.45) is 5.73 Å². The van der Waals surface area contributed by atoms with E-state index in [1.807, 2.05) is 0 Å². The van der Waals surface area contributed by atoms with Gasteiger partial charge in [0.05, 0.1) is 0 Å². The van der Waals surface area contributed by atoms with Gasteiger partial charge in [-0.1, -0.05) is 11.6 Å². The van der Waals surface area contributed by atoms with Crippen LogP contribution in [0.15, 0.2) is 22.9 Å². The molecule has 0 aliphatic carbocycles. The quantitative estimate of drug-likeness (QED) is 0.699. The Morgan fingerprint density at radius 2 is 2.38 bits per heavy atom. The van der Waals surface area contributed by atoms with Crippen molar-refractivity contribution in [3.05, 3.63) is 22.9 Å². The Balaban J connectivity index is 2.41. The Labute approximate surface area is 101 Å². The number of carboxylic acids is 1. The van der Waals surface area contributed by atoms with E-state index in [1.165, 1.54) is 28.3 Å². The number of hydrogen-bond acceptors (Lipinski definition) is 4. The second kappa shape index (κ2) is 4.12. The van der Waals surface area contributed by atoms with Crippen molar-refractivity contribution in [1.82, 2.24) is 4.90 Å². The van der Waals surface area contributed by atoms with Gasteiger partial charge >= 0.3 is 5.97 Å². The summed E-state index contributed by atoms with van der Waals surface area (Å²) in [4.78, 5) is 23.8. The number of amides is 1. The van der Waals surface area contributed by atoms with Gasteiger partial charge in [-0.2, -0.15) is 0 Å². The summed E-state index contributed by atoms with van der Waals surface area (Å²) in [5.74, 6) is -0.988. The fourth-order valence-electron chi connectivity index (χ4n) is 1.74. The molecule has 0 aromatic rings. The zero-order valence-electron chi connectivity index (χ0n) is 8.09. The highest BCUT2D eigenvalue weighted by atomic mass is 35.5. The number of halogens is 1. The molecular formula is C9H9ClN2O3S. The van der Waals surface area contributed by atoms with Gasteiger partial charge in [-0.15, -0.1) is 11.8 Å². The van der Waals surface area contributed by atoms with Crippen LogP contribution < -0.4 is 5.73 Å². The smallest absolute Gasteiger partial charge is 0.352 e. The van der Waals surface area contributed by atoms with Gasteiger partial charge in [0.1, 0.15) is 17.1 Å². The molecule has 1 fully saturated rings. The molecule has 1 amide bonds. The second-order valence-corrected chi connectivity index (χ2v) is 4.76. The highest BCUT2D eigenvalue weighted by molar-refractivity contribution is 8.00. The Morgan fingerprint density at radius 1 is 1.69 bits per heavy atom. The first-order valence-corrected chi connectivity index (χ1v) is 6.00. The summed E-state index contributed by atoms with van der Waals surface area (Å²) in [7, 11) is 0. The molecule has 5 nitrogen and oxygen atoms in total. The summed E-state index contributed by atoms with van der Waals surface area (Å²) in [6, 6.07) is -0.596. The summed E-state index contributed by atoms with van der Waals surface area (Å²) in [6.07, 6.45) is 1.49. The molecule has 2 aliphatic heterocycles. The van der Waals surface area contributed by atoms with Gasteiger partial charge in [0, 0.05) is 11.3 Å². The Hall–Kier alpha value is -0.980. The zero-order valence-corrected chi connectivity index (χ0v) is 9.66. The molecule has 0 radical (unpaired) electrons. The van der Waals surface area contributed by atoms with Gasteiger partial charge in [-0.05, 0) is 11.6 Å². The maximum Gasteiger partial charge on any atom is 0.352 e. The summed E-state index contributed by atoms with van der Waals surface area (Å²) in [5.41, 5.74) is 7.35. The van der Waals surface area contributed by atoms with E-state index in [0.29, 0.717) is 11.3 Å². The molecule has 2 rings (SSSR count). The van der Waals surface area contributed by atoms with Crippen LogP contribution in [0.2, 0.25) is 0 Å². The van der Waals surface area contributed by atoms with Crippen molar-refractivity contribution in [2.75, 3.05) is 5.75 Å². The van der Waals surface area contributed by atoms with Crippen LogP contribution in [0.5, 0.6) is 0 Å². The lowest BCUT2D eigenvalue weighted by Gasteiger charge is -2.47. The third kappa shape index (κ3) is 1.53. The zero-order chi connectivity index (χ0) is 11.9. The summed E-state index contributed by atoms with van der Waals surface area (Å²) < 4.78 is 0. The first kappa shape index (κ1) is 11.5. The first-order chi connectivity index (χ1) is 7.57. The van der Waals surface area contributed by atoms with Gasteiger partial charge in [0.2, 0.25) is 5.91 Å². The van der Waals surface area contributed by atoms with E-state index in [9.17, 15) is 9.59 Å². The first-order valence-electron chi connectivity index (χ1n) is 4.51. The predicted octanol–water partition coefficient (Wildman–Crippen LogP) is 0.320. The molecule has 2 heterocycles. The van der Waals surface area contributed by atoms with Gasteiger partial charge in [0.15, 0.2) is 0 Å². The van der Waals surface area contributed by atoms with Crippen molar-refractivity contribution in [3.8, 4) is 0 Å². The van der Waals surface area contributed by atoms with E-state index in [2.05, 4.69) is 0 Å². The Bertz CT molecular complexity index is 421. The standard InChI is InChI=1S/C9H9ClN2O3S/c10-2-1-4-3-16-8-5(11)7(13)12(8)6(4)9(14)15/h1-2,5,8H,3,11H2,(H,14,15)/b2-1+/t5?,8-/m1/s1. The second-order valence-electron chi connectivity index (χ2n) is 3.41. The van der Waals surface area contributed by atoms with Gasteiger partial charge in [0.25, 0.3) is 0 Å². The molecule has 0 spiro atoms. The lowest BCUT2D eigenvalue weighted by Crippen LogP contribution is -2.68. The molecule has 0 aromatic carbocycles. The number of carbonyl (C=O) groups is 2. The molecule has 86 valence electrons. The van der Waals surface area contributed by atoms with Crippen LogP contribution in [-0.2, 0) is 9.59 Å². The summed E-state index contributed by atoms with van der Waals surface area (Å²) in [5, 5.41) is 8.82. The molecule has 0 aromatic heterocycles. The molecule has 2 aliphatic rings. The minimum absolute atomic E-state index is 0.00708. The monoisotopic (exact) mass is 260 g/mol. The van der Waals surface area contributed by atoms with Crippen molar-refractivity contribution >= 4 is 35.2 Å². The molecule has 0 bridgehead atoms. The lowest BCUT2D eigenvalue weighted by molar-refractivity contribution is -0.147. The number of carbonyl (C=O) groups excluding carboxylic acids is 1. The number of aliphatic carboxylic acids is 1. The van der Waals surface area contributed by atoms with Crippen LogP contribution in [0, 0.1) is 0 Å². The fraction of sp³-hybridized carbons (Fsp3) is 0.333. The maximum atomic E-state index is 11.5. The van der Waals surface area contributed by atoms with Crippen molar-refractivity contribution in [1.29, 1.82) is 0 Å². The van der Waals surface area contributed by atoms with E-state index < -0.39 is 12.0 Å². The third-order valence-electron chi connectivity index (χ3n) is 2.51. The predicted molar refractivity (Wildman–Crippen MR) is 60.7 cm³/mol. The highest BCUT2D eigenvalue weighted by Gasteiger charge is 2.51. The highest BCUT2D eigenvalue weighted by Crippen LogP contribution is 2.39.